The van der Waals surface area contributed by atoms with Crippen LogP contribution in [-0.4, -0.2) is 34.6 Å². The summed E-state index contributed by atoms with van der Waals surface area (Å²) in [5.74, 6) is 0.287. The van der Waals surface area contributed by atoms with Crippen molar-refractivity contribution in [1.29, 1.82) is 0 Å². The lowest BCUT2D eigenvalue weighted by Gasteiger charge is -2.10. The molecule has 8 heteroatoms. The maximum absolute atomic E-state index is 12.0. The minimum absolute atomic E-state index is 0.0488. The number of hydrogen-bond acceptors (Lipinski definition) is 5. The predicted octanol–water partition coefficient (Wildman–Crippen LogP) is 1.08. The Morgan fingerprint density at radius 3 is 3.05 bits per heavy atom. The van der Waals surface area contributed by atoms with E-state index in [2.05, 4.69) is 15.6 Å². The predicted molar refractivity (Wildman–Crippen MR) is 79.4 cm³/mol. The van der Waals surface area contributed by atoms with Crippen LogP contribution in [0.3, 0.4) is 0 Å². The first-order valence-electron chi connectivity index (χ1n) is 6.35. The van der Waals surface area contributed by atoms with Gasteiger partial charge in [-0.1, -0.05) is 16.8 Å². The Hall–Kier alpha value is -2.12. The summed E-state index contributed by atoms with van der Waals surface area (Å²) in [4.78, 5) is 12.0. The molecule has 2 aromatic rings. The third kappa shape index (κ3) is 4.17. The molecule has 1 heterocycles. The molecule has 3 N–H and O–H groups in total. The molecule has 1 aromatic heterocycles. The Balaban J connectivity index is 2.02. The molecule has 0 unspecified atom stereocenters. The Morgan fingerprint density at radius 1 is 1.52 bits per heavy atom. The van der Waals surface area contributed by atoms with Crippen LogP contribution in [0.15, 0.2) is 24.4 Å². The van der Waals surface area contributed by atoms with Gasteiger partial charge in [0.2, 0.25) is 5.91 Å². The lowest BCUT2D eigenvalue weighted by atomic mass is 10.3. The molecule has 0 saturated carbocycles. The van der Waals surface area contributed by atoms with Gasteiger partial charge >= 0.3 is 0 Å². The van der Waals surface area contributed by atoms with Gasteiger partial charge in [0, 0.05) is 17.6 Å². The second kappa shape index (κ2) is 7.05. The van der Waals surface area contributed by atoms with E-state index in [9.17, 15) is 4.79 Å². The quantitative estimate of drug-likeness (QED) is 0.832. The van der Waals surface area contributed by atoms with Gasteiger partial charge in [-0.25, -0.2) is 4.68 Å². The molecule has 0 saturated heterocycles. The van der Waals surface area contributed by atoms with Crippen molar-refractivity contribution in [1.82, 2.24) is 15.0 Å². The maximum atomic E-state index is 12.0. The van der Waals surface area contributed by atoms with Crippen molar-refractivity contribution < 1.29 is 9.53 Å². The third-order valence-electron chi connectivity index (χ3n) is 2.73. The summed E-state index contributed by atoms with van der Waals surface area (Å²) in [5, 5.41) is 11.0. The number of anilines is 1. The van der Waals surface area contributed by atoms with Gasteiger partial charge < -0.3 is 15.8 Å². The highest BCUT2D eigenvalue weighted by molar-refractivity contribution is 6.31. The topological polar surface area (TPSA) is 95.1 Å². The average molecular weight is 310 g/mol. The van der Waals surface area contributed by atoms with E-state index in [0.717, 1.165) is 5.69 Å². The van der Waals surface area contributed by atoms with E-state index < -0.39 is 0 Å². The molecule has 7 nitrogen and oxygen atoms in total. The van der Waals surface area contributed by atoms with Crippen LogP contribution in [0.1, 0.15) is 5.69 Å². The average Bonchev–Trinajstić information content (AvgIpc) is 2.86. The Morgan fingerprint density at radius 2 is 2.33 bits per heavy atom. The molecule has 0 bridgehead atoms. The normalized spacial score (nSPS) is 10.4. The highest BCUT2D eigenvalue weighted by atomic mass is 35.5. The van der Waals surface area contributed by atoms with Crippen LogP contribution >= 0.6 is 11.6 Å². The zero-order valence-electron chi connectivity index (χ0n) is 11.5. The van der Waals surface area contributed by atoms with Crippen molar-refractivity contribution >= 4 is 23.2 Å². The van der Waals surface area contributed by atoms with E-state index in [1.54, 1.807) is 24.4 Å². The minimum atomic E-state index is -0.250. The van der Waals surface area contributed by atoms with Crippen LogP contribution in [0, 0.1) is 0 Å². The van der Waals surface area contributed by atoms with Crippen molar-refractivity contribution in [3.63, 3.8) is 0 Å². The van der Waals surface area contributed by atoms with E-state index in [1.807, 2.05) is 0 Å². The van der Waals surface area contributed by atoms with Gasteiger partial charge in [0.15, 0.2) is 0 Å². The van der Waals surface area contributed by atoms with Crippen LogP contribution in [0.5, 0.6) is 5.75 Å². The van der Waals surface area contributed by atoms with Gasteiger partial charge in [0.25, 0.3) is 0 Å². The molecule has 0 spiro atoms. The fourth-order valence-electron chi connectivity index (χ4n) is 1.79. The van der Waals surface area contributed by atoms with Crippen LogP contribution in [0.4, 0.5) is 5.69 Å². The third-order valence-corrected chi connectivity index (χ3v) is 2.96. The minimum Gasteiger partial charge on any atom is -0.495 e. The molecule has 0 aliphatic carbocycles. The Kier molecular flexibility index (Phi) is 5.13. The van der Waals surface area contributed by atoms with E-state index in [-0.39, 0.29) is 12.5 Å². The van der Waals surface area contributed by atoms with Crippen molar-refractivity contribution in [2.75, 3.05) is 19.0 Å². The van der Waals surface area contributed by atoms with Crippen LogP contribution in [0.2, 0.25) is 5.02 Å². The van der Waals surface area contributed by atoms with Crippen LogP contribution < -0.4 is 15.8 Å². The summed E-state index contributed by atoms with van der Waals surface area (Å²) in [6.45, 7) is 0.540. The molecule has 21 heavy (non-hydrogen) atoms. The van der Waals surface area contributed by atoms with Crippen LogP contribution in [-0.2, 0) is 17.8 Å². The monoisotopic (exact) mass is 309 g/mol. The number of halogens is 1. The second-order valence-electron chi connectivity index (χ2n) is 4.34. The molecule has 0 aliphatic heterocycles. The second-order valence-corrected chi connectivity index (χ2v) is 4.78. The summed E-state index contributed by atoms with van der Waals surface area (Å²) in [7, 11) is 1.52. The zero-order valence-corrected chi connectivity index (χ0v) is 12.3. The van der Waals surface area contributed by atoms with Crippen molar-refractivity contribution in [3.8, 4) is 5.75 Å². The number of amides is 1. The number of nitrogens with one attached hydrogen (secondary N) is 1. The molecule has 1 aromatic carbocycles. The van der Waals surface area contributed by atoms with Gasteiger partial charge in [0.05, 0.1) is 18.5 Å². The number of ether oxygens (including phenoxy) is 1. The highest BCUT2D eigenvalue weighted by Crippen LogP contribution is 2.27. The molecule has 0 atom stereocenters. The number of nitrogens with two attached hydrogens (primary N) is 1. The van der Waals surface area contributed by atoms with Crippen LogP contribution in [0.25, 0.3) is 0 Å². The first-order valence-corrected chi connectivity index (χ1v) is 6.72. The molecule has 2 rings (SSSR count). The fraction of sp³-hybridized carbons (Fsp3) is 0.308. The fourth-order valence-corrected chi connectivity index (χ4v) is 1.97. The summed E-state index contributed by atoms with van der Waals surface area (Å²) in [6.07, 6.45) is 2.32. The van der Waals surface area contributed by atoms with E-state index >= 15 is 0 Å². The largest absolute Gasteiger partial charge is 0.495 e. The summed E-state index contributed by atoms with van der Waals surface area (Å²) < 4.78 is 6.62. The summed E-state index contributed by atoms with van der Waals surface area (Å²) >= 11 is 5.91. The van der Waals surface area contributed by atoms with Crippen molar-refractivity contribution in [2.24, 2.45) is 5.73 Å². The van der Waals surface area contributed by atoms with Gasteiger partial charge in [-0.2, -0.15) is 0 Å². The number of carbonyl (C=O) groups is 1. The van der Waals surface area contributed by atoms with Gasteiger partial charge in [-0.15, -0.1) is 5.10 Å². The Labute approximate surface area is 127 Å². The molecule has 0 radical (unpaired) electrons. The number of nitrogens with zero attached hydrogens (tertiary/aromatic N) is 3. The highest BCUT2D eigenvalue weighted by Gasteiger charge is 2.10. The van der Waals surface area contributed by atoms with E-state index in [1.165, 1.54) is 11.8 Å². The lowest BCUT2D eigenvalue weighted by molar-refractivity contribution is -0.116. The molecule has 112 valence electrons. The lowest BCUT2D eigenvalue weighted by Crippen LogP contribution is -2.19. The number of hydrogen-bond donors (Lipinski definition) is 2. The number of aromatic nitrogens is 3. The number of rotatable bonds is 6. The molecule has 1 amide bonds. The maximum Gasteiger partial charge on any atom is 0.246 e. The van der Waals surface area contributed by atoms with Crippen molar-refractivity contribution in [2.45, 2.75) is 13.0 Å². The summed E-state index contributed by atoms with van der Waals surface area (Å²) in [5.41, 5.74) is 6.70. The molecular weight excluding hydrogens is 294 g/mol. The SMILES string of the molecule is COc1ccc(Cl)cc1NC(=O)Cn1cc(CCN)nn1. The zero-order chi connectivity index (χ0) is 15.2. The number of benzene rings is 1. The first-order chi connectivity index (χ1) is 10.1. The van der Waals surface area contributed by atoms with E-state index in [4.69, 9.17) is 22.1 Å². The first kappa shape index (κ1) is 15.3. The number of methoxy groups -OCH3 is 1. The molecular formula is C13H16ClN5O2. The molecule has 0 fully saturated rings. The Bertz CT molecular complexity index is 629. The van der Waals surface area contributed by atoms with Gasteiger partial charge in [-0.3, -0.25) is 4.79 Å². The standard InChI is InChI=1S/C13H16ClN5O2/c1-21-12-3-2-9(14)6-11(12)16-13(20)8-19-7-10(4-5-15)17-18-19/h2-3,6-7H,4-5,8,15H2,1H3,(H,16,20). The number of carbonyl (C=O) groups excluding carboxylic acids is 1. The van der Waals surface area contributed by atoms with Crippen molar-refractivity contribution in [3.05, 3.63) is 35.1 Å². The van der Waals surface area contributed by atoms with Gasteiger partial charge in [0.1, 0.15) is 12.3 Å². The van der Waals surface area contributed by atoms with E-state index in [0.29, 0.717) is 29.4 Å². The van der Waals surface area contributed by atoms with Gasteiger partial charge in [-0.05, 0) is 24.7 Å². The molecule has 0 aliphatic rings. The smallest absolute Gasteiger partial charge is 0.246 e. The summed E-state index contributed by atoms with van der Waals surface area (Å²) in [6, 6.07) is 5.00.